The third kappa shape index (κ3) is 2.72. The van der Waals surface area contributed by atoms with Gasteiger partial charge in [-0.05, 0) is 54.4 Å². The Morgan fingerprint density at radius 2 is 1.87 bits per heavy atom. The summed E-state index contributed by atoms with van der Waals surface area (Å²) in [4.78, 5) is 26.3. The van der Waals surface area contributed by atoms with Crippen LogP contribution >= 0.6 is 0 Å². The molecule has 0 spiro atoms. The number of aromatic nitrogens is 6. The molecule has 0 fully saturated rings. The number of nitrogens with two attached hydrogens (primary N) is 1. The zero-order chi connectivity index (χ0) is 20.9. The predicted molar refractivity (Wildman–Crippen MR) is 116 cm³/mol. The number of imidazole rings is 1. The van der Waals surface area contributed by atoms with Crippen LogP contribution in [0.1, 0.15) is 22.3 Å². The van der Waals surface area contributed by atoms with Crippen LogP contribution in [0.4, 0.5) is 5.82 Å². The van der Waals surface area contributed by atoms with E-state index in [1.54, 1.807) is 17.1 Å². The summed E-state index contributed by atoms with van der Waals surface area (Å²) < 4.78 is 3.63. The van der Waals surface area contributed by atoms with Crippen molar-refractivity contribution in [1.29, 1.82) is 0 Å². The van der Waals surface area contributed by atoms with E-state index in [0.29, 0.717) is 40.6 Å². The van der Waals surface area contributed by atoms with E-state index >= 15 is 0 Å². The molecule has 0 atom stereocenters. The van der Waals surface area contributed by atoms with Crippen molar-refractivity contribution in [3.05, 3.63) is 78.2 Å². The van der Waals surface area contributed by atoms with E-state index in [2.05, 4.69) is 10.1 Å². The quantitative estimate of drug-likeness (QED) is 0.492. The first-order valence-corrected chi connectivity index (χ1v) is 9.96. The molecule has 8 heteroatoms. The number of carbonyl (C=O) groups excluding carboxylic acids is 1. The van der Waals surface area contributed by atoms with Gasteiger partial charge in [0, 0.05) is 36.3 Å². The van der Waals surface area contributed by atoms with Gasteiger partial charge in [0.1, 0.15) is 11.3 Å². The number of nitrogen functional groups attached to an aromatic ring is 1. The van der Waals surface area contributed by atoms with Gasteiger partial charge in [-0.3, -0.25) is 9.36 Å². The Morgan fingerprint density at radius 3 is 2.71 bits per heavy atom. The van der Waals surface area contributed by atoms with Gasteiger partial charge in [-0.15, -0.1) is 0 Å². The number of rotatable bonds is 3. The van der Waals surface area contributed by atoms with Crippen molar-refractivity contribution in [2.24, 2.45) is 0 Å². The molecule has 0 amide bonds. The normalized spacial score (nSPS) is 13.1. The minimum atomic E-state index is 0.161. The van der Waals surface area contributed by atoms with Crippen LogP contribution in [0.2, 0.25) is 0 Å². The summed E-state index contributed by atoms with van der Waals surface area (Å²) in [5.74, 6) is 1.83. The van der Waals surface area contributed by atoms with Crippen LogP contribution in [0.25, 0.3) is 34.1 Å². The number of benzene rings is 1. The molecule has 0 aliphatic heterocycles. The lowest BCUT2D eigenvalue weighted by atomic mass is 10.1. The zero-order valence-corrected chi connectivity index (χ0v) is 16.4. The van der Waals surface area contributed by atoms with Crippen LogP contribution in [-0.4, -0.2) is 35.1 Å². The summed E-state index contributed by atoms with van der Waals surface area (Å²) >= 11 is 0. The van der Waals surface area contributed by atoms with Crippen LogP contribution in [0.5, 0.6) is 0 Å². The van der Waals surface area contributed by atoms with E-state index in [9.17, 15) is 4.79 Å². The Hall–Kier alpha value is -4.33. The molecule has 4 heterocycles. The first-order chi connectivity index (χ1) is 15.2. The Morgan fingerprint density at radius 1 is 0.935 bits per heavy atom. The molecule has 0 unspecified atom stereocenters. The van der Waals surface area contributed by atoms with E-state index in [1.165, 1.54) is 0 Å². The highest BCUT2D eigenvalue weighted by atomic mass is 16.1. The molecule has 2 N–H and O–H groups in total. The van der Waals surface area contributed by atoms with E-state index in [-0.39, 0.29) is 5.78 Å². The number of Topliss-reactive ketones (excluding diaryl/α,β-unsaturated/α-hetero) is 1. The van der Waals surface area contributed by atoms with Crippen molar-refractivity contribution >= 4 is 22.8 Å². The second-order valence-corrected chi connectivity index (χ2v) is 7.43. The van der Waals surface area contributed by atoms with Crippen molar-refractivity contribution in [1.82, 2.24) is 29.3 Å². The lowest BCUT2D eigenvalue weighted by Crippen LogP contribution is -2.04. The molecule has 0 radical (unpaired) electrons. The fraction of sp³-hybridized carbons (Fsp3) is 0.0870. The van der Waals surface area contributed by atoms with Gasteiger partial charge in [-0.2, -0.15) is 5.10 Å². The Kier molecular flexibility index (Phi) is 3.73. The number of pyridine rings is 2. The molecule has 0 saturated heterocycles. The summed E-state index contributed by atoms with van der Waals surface area (Å²) in [6.07, 6.45) is 6.52. The lowest BCUT2D eigenvalue weighted by molar-refractivity contribution is 0.0994. The van der Waals surface area contributed by atoms with E-state index in [4.69, 9.17) is 15.7 Å². The highest BCUT2D eigenvalue weighted by molar-refractivity contribution is 6.01. The number of anilines is 1. The highest BCUT2D eigenvalue weighted by Gasteiger charge is 2.23. The van der Waals surface area contributed by atoms with E-state index in [1.807, 2.05) is 59.3 Å². The van der Waals surface area contributed by atoms with Crippen LogP contribution in [-0.2, 0) is 6.42 Å². The largest absolute Gasteiger partial charge is 0.383 e. The first kappa shape index (κ1) is 17.5. The maximum absolute atomic E-state index is 12.4. The summed E-state index contributed by atoms with van der Waals surface area (Å²) in [6, 6.07) is 15.3. The molecule has 150 valence electrons. The molecular weight excluding hydrogens is 390 g/mol. The second-order valence-electron chi connectivity index (χ2n) is 7.43. The average Bonchev–Trinajstić information content (AvgIpc) is 3.52. The molecule has 31 heavy (non-hydrogen) atoms. The van der Waals surface area contributed by atoms with Gasteiger partial charge in [0.25, 0.3) is 0 Å². The highest BCUT2D eigenvalue weighted by Crippen LogP contribution is 2.32. The van der Waals surface area contributed by atoms with Gasteiger partial charge < -0.3 is 5.73 Å². The van der Waals surface area contributed by atoms with E-state index in [0.717, 1.165) is 23.2 Å². The van der Waals surface area contributed by atoms with Gasteiger partial charge in [-0.1, -0.05) is 6.07 Å². The molecule has 5 aromatic rings. The molecule has 1 aromatic carbocycles. The Balaban J connectivity index is 1.66. The summed E-state index contributed by atoms with van der Waals surface area (Å²) in [5.41, 5.74) is 10.9. The van der Waals surface area contributed by atoms with Crippen molar-refractivity contribution in [2.45, 2.75) is 12.8 Å². The summed E-state index contributed by atoms with van der Waals surface area (Å²) in [7, 11) is 0. The van der Waals surface area contributed by atoms with Crippen molar-refractivity contribution in [3.63, 3.8) is 0 Å². The number of ketones is 1. The van der Waals surface area contributed by atoms with Gasteiger partial charge in [0.05, 0.1) is 5.56 Å². The number of carbonyl (C=O) groups is 1. The minimum Gasteiger partial charge on any atom is -0.383 e. The van der Waals surface area contributed by atoms with Crippen LogP contribution < -0.4 is 5.73 Å². The molecular formula is C23H17N7O. The molecule has 0 saturated carbocycles. The zero-order valence-electron chi connectivity index (χ0n) is 16.4. The fourth-order valence-corrected chi connectivity index (χ4v) is 4.08. The topological polar surface area (TPSA) is 105 Å². The Labute approximate surface area is 177 Å². The average molecular weight is 407 g/mol. The van der Waals surface area contributed by atoms with Gasteiger partial charge in [-0.25, -0.2) is 19.6 Å². The molecule has 1 aliphatic rings. The fourth-order valence-electron chi connectivity index (χ4n) is 4.08. The number of fused-ring (bicyclic) bond motifs is 2. The molecule has 4 aromatic heterocycles. The van der Waals surface area contributed by atoms with E-state index < -0.39 is 0 Å². The van der Waals surface area contributed by atoms with Gasteiger partial charge in [0.2, 0.25) is 0 Å². The summed E-state index contributed by atoms with van der Waals surface area (Å²) in [5, 5.41) is 4.28. The van der Waals surface area contributed by atoms with Crippen molar-refractivity contribution < 1.29 is 4.79 Å². The molecule has 1 aliphatic carbocycles. The van der Waals surface area contributed by atoms with Crippen LogP contribution in [0.15, 0.2) is 67.1 Å². The molecule has 6 rings (SSSR count). The standard InChI is InChI=1S/C23H17N7O/c24-21-16(3-1-10-25-21)22-27-18-7-9-20(29-12-2-11-26-29)28-23(18)30(22)15-6-4-14-5-8-19(31)17(14)13-15/h1-4,6-7,9-13H,5,8H2,(H2,24,25). The number of aryl methyl sites for hydroxylation is 1. The Bertz CT molecular complexity index is 1470. The second kappa shape index (κ2) is 6.60. The lowest BCUT2D eigenvalue weighted by Gasteiger charge is -2.12. The van der Waals surface area contributed by atoms with Gasteiger partial charge in [0.15, 0.2) is 23.1 Å². The monoisotopic (exact) mass is 407 g/mol. The van der Waals surface area contributed by atoms with Crippen LogP contribution in [0, 0.1) is 0 Å². The maximum Gasteiger partial charge on any atom is 0.167 e. The molecule has 0 bridgehead atoms. The predicted octanol–water partition coefficient (Wildman–Crippen LogP) is 3.38. The number of nitrogens with zero attached hydrogens (tertiary/aromatic N) is 6. The SMILES string of the molecule is Nc1ncccc1-c1nc2ccc(-n3cccn3)nc2n1-c1ccc2c(c1)C(=O)CC2. The first-order valence-electron chi connectivity index (χ1n) is 9.96. The maximum atomic E-state index is 12.4. The summed E-state index contributed by atoms with van der Waals surface area (Å²) in [6.45, 7) is 0. The third-order valence-electron chi connectivity index (χ3n) is 5.58. The van der Waals surface area contributed by atoms with Gasteiger partial charge >= 0.3 is 0 Å². The van der Waals surface area contributed by atoms with Crippen molar-refractivity contribution in [2.75, 3.05) is 5.73 Å². The van der Waals surface area contributed by atoms with Crippen LogP contribution in [0.3, 0.4) is 0 Å². The molecule has 8 nitrogen and oxygen atoms in total. The number of hydrogen-bond acceptors (Lipinski definition) is 6. The minimum absolute atomic E-state index is 0.161. The smallest absolute Gasteiger partial charge is 0.167 e. The third-order valence-corrected chi connectivity index (χ3v) is 5.58. The number of hydrogen-bond donors (Lipinski definition) is 1. The van der Waals surface area contributed by atoms with Crippen molar-refractivity contribution in [3.8, 4) is 22.9 Å².